The van der Waals surface area contributed by atoms with Gasteiger partial charge in [0.1, 0.15) is 5.76 Å². The Morgan fingerprint density at radius 1 is 1.38 bits per heavy atom. The molecular weight excluding hydrogens is 315 g/mol. The van der Waals surface area contributed by atoms with Gasteiger partial charge in [0.2, 0.25) is 0 Å². The quantitative estimate of drug-likeness (QED) is 0.740. The average Bonchev–Trinajstić information content (AvgIpc) is 2.63. The number of likely N-dealkylation sites (N-methyl/N-ethyl adjacent to an activating group) is 1. The zero-order chi connectivity index (χ0) is 11.5. The van der Waals surface area contributed by atoms with Crippen LogP contribution in [0.3, 0.4) is 0 Å². The number of hydrogen-bond acceptors (Lipinski definition) is 2. The van der Waals surface area contributed by atoms with E-state index >= 15 is 0 Å². The molecule has 0 radical (unpaired) electrons. The van der Waals surface area contributed by atoms with Gasteiger partial charge in [0.15, 0.2) is 0 Å². The molecule has 0 aliphatic carbocycles. The number of aryl methyl sites for hydroxylation is 1. The van der Waals surface area contributed by atoms with Gasteiger partial charge in [0, 0.05) is 11.1 Å². The third-order valence-electron chi connectivity index (χ3n) is 2.32. The summed E-state index contributed by atoms with van der Waals surface area (Å²) in [4.78, 5) is 6.45. The number of nitrogens with zero attached hydrogens (tertiary/aromatic N) is 2. The molecule has 1 saturated heterocycles. The molecule has 0 atom stereocenters. The van der Waals surface area contributed by atoms with E-state index in [0.29, 0.717) is 6.02 Å². The first-order valence-electron chi connectivity index (χ1n) is 5.02. The first kappa shape index (κ1) is 11.4. The SMILES string of the molecule is Cc1ccc(N=C2O/C(=C/I)CN2C)cc1. The lowest BCUT2D eigenvalue weighted by Crippen LogP contribution is -2.19. The van der Waals surface area contributed by atoms with Gasteiger partial charge >= 0.3 is 0 Å². The monoisotopic (exact) mass is 328 g/mol. The van der Waals surface area contributed by atoms with Gasteiger partial charge in [0.25, 0.3) is 6.02 Å². The molecular formula is C12H13IN2O. The topological polar surface area (TPSA) is 24.8 Å². The Morgan fingerprint density at radius 2 is 2.06 bits per heavy atom. The second-order valence-corrected chi connectivity index (χ2v) is 4.39. The summed E-state index contributed by atoms with van der Waals surface area (Å²) in [5.41, 5.74) is 2.15. The molecule has 1 fully saturated rings. The van der Waals surface area contributed by atoms with Crippen LogP contribution in [0.1, 0.15) is 5.56 Å². The summed E-state index contributed by atoms with van der Waals surface area (Å²) in [6, 6.07) is 8.73. The lowest BCUT2D eigenvalue weighted by molar-refractivity contribution is 0.434. The Bertz CT molecular complexity index is 437. The van der Waals surface area contributed by atoms with Crippen molar-refractivity contribution in [3.63, 3.8) is 0 Å². The number of halogens is 1. The van der Waals surface area contributed by atoms with Crippen LogP contribution in [0.2, 0.25) is 0 Å². The molecule has 1 aliphatic heterocycles. The molecule has 4 heteroatoms. The maximum absolute atomic E-state index is 5.59. The maximum Gasteiger partial charge on any atom is 0.298 e. The third-order valence-corrected chi connectivity index (χ3v) is 3.02. The summed E-state index contributed by atoms with van der Waals surface area (Å²) in [5.74, 6) is 0.939. The van der Waals surface area contributed by atoms with E-state index in [2.05, 4.69) is 34.5 Å². The highest BCUT2D eigenvalue weighted by molar-refractivity contribution is 14.1. The van der Waals surface area contributed by atoms with E-state index in [9.17, 15) is 0 Å². The number of benzene rings is 1. The molecule has 3 nitrogen and oxygen atoms in total. The molecule has 0 spiro atoms. The molecule has 0 aromatic heterocycles. The smallest absolute Gasteiger partial charge is 0.298 e. The lowest BCUT2D eigenvalue weighted by Gasteiger charge is -2.06. The molecule has 0 bridgehead atoms. The van der Waals surface area contributed by atoms with Crippen molar-refractivity contribution in [2.75, 3.05) is 13.6 Å². The molecule has 2 rings (SSSR count). The van der Waals surface area contributed by atoms with E-state index in [0.717, 1.165) is 18.0 Å². The van der Waals surface area contributed by atoms with Crippen LogP contribution in [-0.4, -0.2) is 24.5 Å². The van der Waals surface area contributed by atoms with Crippen LogP contribution in [-0.2, 0) is 4.74 Å². The molecule has 0 amide bonds. The van der Waals surface area contributed by atoms with Gasteiger partial charge in [-0.2, -0.15) is 4.99 Å². The van der Waals surface area contributed by atoms with Crippen molar-refractivity contribution in [2.45, 2.75) is 6.92 Å². The van der Waals surface area contributed by atoms with Gasteiger partial charge in [-0.05, 0) is 41.6 Å². The number of amidine groups is 1. The number of hydrogen-bond donors (Lipinski definition) is 0. The van der Waals surface area contributed by atoms with Gasteiger partial charge < -0.3 is 9.64 Å². The van der Waals surface area contributed by atoms with Gasteiger partial charge in [-0.1, -0.05) is 17.7 Å². The molecule has 0 N–H and O–H groups in total. The zero-order valence-electron chi connectivity index (χ0n) is 9.27. The van der Waals surface area contributed by atoms with Crippen LogP contribution in [0.5, 0.6) is 0 Å². The molecule has 1 heterocycles. The van der Waals surface area contributed by atoms with Crippen LogP contribution in [0, 0.1) is 6.92 Å². The minimum Gasteiger partial charge on any atom is -0.428 e. The Labute approximate surface area is 109 Å². The average molecular weight is 328 g/mol. The van der Waals surface area contributed by atoms with Gasteiger partial charge in [-0.25, -0.2) is 0 Å². The van der Waals surface area contributed by atoms with E-state index in [-0.39, 0.29) is 0 Å². The number of rotatable bonds is 1. The van der Waals surface area contributed by atoms with E-state index in [1.807, 2.05) is 40.3 Å². The zero-order valence-corrected chi connectivity index (χ0v) is 11.4. The first-order valence-corrected chi connectivity index (χ1v) is 6.27. The molecule has 1 aromatic carbocycles. The van der Waals surface area contributed by atoms with Crippen LogP contribution in [0.25, 0.3) is 0 Å². The van der Waals surface area contributed by atoms with Gasteiger partial charge in [-0.3, -0.25) is 0 Å². The second kappa shape index (κ2) is 4.86. The molecule has 16 heavy (non-hydrogen) atoms. The van der Waals surface area contributed by atoms with E-state index in [1.165, 1.54) is 5.56 Å². The fraction of sp³-hybridized carbons (Fsp3) is 0.250. The number of ether oxygens (including phenoxy) is 1. The Balaban J connectivity index is 2.21. The van der Waals surface area contributed by atoms with Crippen LogP contribution in [0.4, 0.5) is 5.69 Å². The Hall–Kier alpha value is -1.04. The summed E-state index contributed by atoms with van der Waals surface area (Å²) in [6.07, 6.45) is 0. The van der Waals surface area contributed by atoms with Crippen molar-refractivity contribution in [3.05, 3.63) is 39.7 Å². The summed E-state index contributed by atoms with van der Waals surface area (Å²) in [7, 11) is 1.97. The van der Waals surface area contributed by atoms with Crippen molar-refractivity contribution in [1.82, 2.24) is 4.90 Å². The fourth-order valence-electron chi connectivity index (χ4n) is 1.42. The predicted octanol–water partition coefficient (Wildman–Crippen LogP) is 3.22. The summed E-state index contributed by atoms with van der Waals surface area (Å²) >= 11 is 2.18. The molecule has 0 saturated carbocycles. The lowest BCUT2D eigenvalue weighted by atomic mass is 10.2. The summed E-state index contributed by atoms with van der Waals surface area (Å²) in [5, 5.41) is 0. The Kier molecular flexibility index (Phi) is 3.48. The fourth-order valence-corrected chi connectivity index (χ4v) is 1.75. The minimum atomic E-state index is 0.659. The van der Waals surface area contributed by atoms with Crippen molar-refractivity contribution in [3.8, 4) is 0 Å². The van der Waals surface area contributed by atoms with Crippen LogP contribution < -0.4 is 0 Å². The normalized spacial score (nSPS) is 20.6. The van der Waals surface area contributed by atoms with E-state index in [1.54, 1.807) is 0 Å². The maximum atomic E-state index is 5.59. The predicted molar refractivity (Wildman–Crippen MR) is 74.1 cm³/mol. The standard InChI is InChI=1S/C12H13IN2O/c1-9-3-5-10(6-4-9)14-12-15(2)8-11(7-13)16-12/h3-7H,8H2,1-2H3/b11-7+,14-12?. The minimum absolute atomic E-state index is 0.659. The first-order chi connectivity index (χ1) is 7.69. The van der Waals surface area contributed by atoms with Crippen molar-refractivity contribution in [1.29, 1.82) is 0 Å². The van der Waals surface area contributed by atoms with E-state index < -0.39 is 0 Å². The Morgan fingerprint density at radius 3 is 2.62 bits per heavy atom. The highest BCUT2D eigenvalue weighted by atomic mass is 127. The van der Waals surface area contributed by atoms with Crippen LogP contribution in [0.15, 0.2) is 39.1 Å². The molecule has 1 aromatic rings. The van der Waals surface area contributed by atoms with Crippen molar-refractivity contribution >= 4 is 34.3 Å². The summed E-state index contributed by atoms with van der Waals surface area (Å²) in [6.45, 7) is 2.85. The molecule has 1 aliphatic rings. The van der Waals surface area contributed by atoms with Gasteiger partial charge in [0.05, 0.1) is 12.2 Å². The van der Waals surface area contributed by atoms with Crippen LogP contribution >= 0.6 is 22.6 Å². The highest BCUT2D eigenvalue weighted by Crippen LogP contribution is 2.19. The van der Waals surface area contributed by atoms with E-state index in [4.69, 9.17) is 4.74 Å². The van der Waals surface area contributed by atoms with Crippen molar-refractivity contribution in [2.24, 2.45) is 4.99 Å². The number of aliphatic imine (C=N–C) groups is 1. The second-order valence-electron chi connectivity index (χ2n) is 3.76. The summed E-state index contributed by atoms with van der Waals surface area (Å²) < 4.78 is 7.52. The molecule has 84 valence electrons. The molecule has 0 unspecified atom stereocenters. The third kappa shape index (κ3) is 2.55. The highest BCUT2D eigenvalue weighted by Gasteiger charge is 2.20. The van der Waals surface area contributed by atoms with Crippen molar-refractivity contribution < 1.29 is 4.74 Å². The largest absolute Gasteiger partial charge is 0.428 e. The van der Waals surface area contributed by atoms with Gasteiger partial charge in [-0.15, -0.1) is 0 Å².